The zero-order valence-corrected chi connectivity index (χ0v) is 37.3. The number of rotatable bonds is 4. The summed E-state index contributed by atoms with van der Waals surface area (Å²) in [7, 11) is 2.00. The Morgan fingerprint density at radius 2 is 0.500 bits per heavy atom. The summed E-state index contributed by atoms with van der Waals surface area (Å²) in [6.45, 7) is 27.3. The van der Waals surface area contributed by atoms with Crippen LogP contribution in [0.25, 0.3) is 0 Å². The van der Waals surface area contributed by atoms with E-state index in [1.54, 1.807) is 0 Å². The number of pyridine rings is 4. The van der Waals surface area contributed by atoms with Gasteiger partial charge in [-0.25, -0.2) is 0 Å². The van der Waals surface area contributed by atoms with E-state index in [2.05, 4.69) is 47.6 Å². The van der Waals surface area contributed by atoms with Gasteiger partial charge in [0.25, 0.3) is 0 Å². The summed E-state index contributed by atoms with van der Waals surface area (Å²) in [5.74, 6) is 0. The molecule has 0 aromatic carbocycles. The van der Waals surface area contributed by atoms with E-state index in [9.17, 15) is 17.6 Å². The Kier molecular flexibility index (Phi) is 135. The number of hydrogen-bond donors (Lipinski definition) is 0. The van der Waals surface area contributed by atoms with Gasteiger partial charge in [-0.05, 0) is 88.1 Å². The minimum Gasteiger partial charge on any atom is -0.304 e. The molecule has 0 spiro atoms. The van der Waals surface area contributed by atoms with Gasteiger partial charge in [0.05, 0.1) is 28.7 Å². The topological polar surface area (TPSA) is 85.7 Å². The van der Waals surface area contributed by atoms with Gasteiger partial charge in [-0.1, -0.05) is 107 Å². The lowest BCUT2D eigenvalue weighted by molar-refractivity contribution is -0.106. The largest absolute Gasteiger partial charge is 0.304 e. The number of alkyl halides is 4. The van der Waals surface area contributed by atoms with E-state index in [1.807, 2.05) is 153 Å². The van der Waals surface area contributed by atoms with Crippen LogP contribution in [0.1, 0.15) is 120 Å². The molecule has 0 amide bonds. The number of carbonyl (C=O) groups is 2. The second-order valence-electron chi connectivity index (χ2n) is 7.17. The molecule has 0 radical (unpaired) electrons. The first-order valence-corrected chi connectivity index (χ1v) is 18.5. The summed E-state index contributed by atoms with van der Waals surface area (Å²) in [6.07, 6.45) is 12.9. The molecule has 6 nitrogen and oxygen atoms in total. The maximum Gasteiger partial charge on any atom is 0.116 e. The molecule has 0 unspecified atom stereocenters. The van der Waals surface area contributed by atoms with Crippen LogP contribution in [0.15, 0.2) is 97.6 Å². The van der Waals surface area contributed by atoms with Crippen molar-refractivity contribution in [3.63, 3.8) is 0 Å². The molecule has 4 aromatic rings. The second kappa shape index (κ2) is 97.6. The van der Waals surface area contributed by atoms with Gasteiger partial charge in [0.1, 0.15) is 12.6 Å². The molecule has 316 valence electrons. The van der Waals surface area contributed by atoms with E-state index in [-0.39, 0.29) is 0 Å². The summed E-state index contributed by atoms with van der Waals surface area (Å²) in [5, 5.41) is 0. The first kappa shape index (κ1) is 74.8. The van der Waals surface area contributed by atoms with Crippen LogP contribution in [0.3, 0.4) is 0 Å². The summed E-state index contributed by atoms with van der Waals surface area (Å²) in [6, 6.07) is 23.9. The molecule has 4 aromatic heterocycles. The molecule has 4 rings (SSSR count). The van der Waals surface area contributed by atoms with Gasteiger partial charge in [0.2, 0.25) is 0 Å². The van der Waals surface area contributed by atoms with Crippen LogP contribution in [-0.2, 0) is 35.3 Å². The van der Waals surface area contributed by atoms with E-state index in [1.165, 1.54) is 13.8 Å². The number of carbonyl (C=O) groups excluding carboxylic acids is 2. The van der Waals surface area contributed by atoms with Gasteiger partial charge < -0.3 is 9.59 Å². The molecular formula is C44H80F4N4O2. The molecule has 0 aliphatic carbocycles. The smallest absolute Gasteiger partial charge is 0.116 e. The third kappa shape index (κ3) is 81.6. The number of nitrogens with zero attached hydrogens (tertiary/aromatic N) is 4. The van der Waals surface area contributed by atoms with Crippen LogP contribution in [0.4, 0.5) is 17.6 Å². The normalized spacial score (nSPS) is 6.78. The van der Waals surface area contributed by atoms with Gasteiger partial charge in [-0.2, -0.15) is 0 Å². The molecule has 0 saturated carbocycles. The van der Waals surface area contributed by atoms with Crippen LogP contribution < -0.4 is 0 Å². The summed E-state index contributed by atoms with van der Waals surface area (Å²) in [5.41, 5.74) is 4.64. The lowest BCUT2D eigenvalue weighted by Crippen LogP contribution is -1.81. The fourth-order valence-corrected chi connectivity index (χ4v) is 2.43. The fourth-order valence-electron chi connectivity index (χ4n) is 2.43. The molecule has 0 saturated heterocycles. The van der Waals surface area contributed by atoms with Gasteiger partial charge in [-0.3, -0.25) is 37.5 Å². The zero-order chi connectivity index (χ0) is 44.7. The molecule has 0 N–H and O–H groups in total. The molecule has 0 aliphatic heterocycles. The van der Waals surface area contributed by atoms with Crippen molar-refractivity contribution in [1.29, 1.82) is 0 Å². The molecule has 0 atom stereocenters. The third-order valence-corrected chi connectivity index (χ3v) is 4.35. The lowest BCUT2D eigenvalue weighted by Gasteiger charge is -1.88. The van der Waals surface area contributed by atoms with E-state index in [0.29, 0.717) is 28.7 Å². The number of aldehydes is 2. The van der Waals surface area contributed by atoms with Crippen molar-refractivity contribution in [2.75, 3.05) is 28.7 Å². The van der Waals surface area contributed by atoms with Gasteiger partial charge in [0, 0.05) is 47.6 Å². The number of aromatic nitrogens is 4. The van der Waals surface area contributed by atoms with Crippen molar-refractivity contribution in [1.82, 2.24) is 19.9 Å². The lowest BCUT2D eigenvalue weighted by atomic mass is 10.3. The number of hydrogen-bond acceptors (Lipinski definition) is 6. The van der Waals surface area contributed by atoms with Crippen LogP contribution in [-0.4, -0.2) is 61.2 Å². The van der Waals surface area contributed by atoms with Gasteiger partial charge in [-0.15, -0.1) is 0 Å². The standard InChI is InChI=1S/4C7H9N.2C2H4O.4C2H6.4CH3F/c4*1-2-7-5-3-4-6-8-7;2*1-2-3;8*1-2/h4*3-6H,2H2,1H3;2*2H,1H3;4*1-2H3;4*1H3. The van der Waals surface area contributed by atoms with Crippen LogP contribution >= 0.6 is 0 Å². The van der Waals surface area contributed by atoms with Crippen molar-refractivity contribution in [2.24, 2.45) is 0 Å². The van der Waals surface area contributed by atoms with Crippen LogP contribution in [0.2, 0.25) is 0 Å². The van der Waals surface area contributed by atoms with E-state index in [4.69, 9.17) is 9.59 Å². The summed E-state index contributed by atoms with van der Waals surface area (Å²) in [4.78, 5) is 34.0. The quantitative estimate of drug-likeness (QED) is 0.152. The van der Waals surface area contributed by atoms with E-state index in [0.717, 1.165) is 61.0 Å². The summed E-state index contributed by atoms with van der Waals surface area (Å²) < 4.78 is 38.0. The summed E-state index contributed by atoms with van der Waals surface area (Å²) >= 11 is 0. The van der Waals surface area contributed by atoms with Crippen molar-refractivity contribution >= 4 is 12.6 Å². The van der Waals surface area contributed by atoms with E-state index < -0.39 is 0 Å². The van der Waals surface area contributed by atoms with Crippen molar-refractivity contribution in [3.8, 4) is 0 Å². The first-order chi connectivity index (χ1) is 26.6. The fraction of sp³-hybridized carbons (Fsp3) is 0.500. The Labute approximate surface area is 330 Å². The Bertz CT molecular complexity index is 860. The zero-order valence-electron chi connectivity index (χ0n) is 37.3. The minimum atomic E-state index is 0.500. The maximum atomic E-state index is 9.50. The van der Waals surface area contributed by atoms with Gasteiger partial charge in [0.15, 0.2) is 0 Å². The predicted octanol–water partition coefficient (Wildman–Crippen LogP) is 13.4. The molecule has 0 aliphatic rings. The second-order valence-corrected chi connectivity index (χ2v) is 7.17. The third-order valence-electron chi connectivity index (χ3n) is 4.35. The Morgan fingerprint density at radius 3 is 0.556 bits per heavy atom. The highest BCUT2D eigenvalue weighted by Gasteiger charge is 1.83. The molecule has 10 heteroatoms. The Balaban J connectivity index is -0.0000000510. The van der Waals surface area contributed by atoms with Crippen LogP contribution in [0, 0.1) is 0 Å². The molecule has 0 bridgehead atoms. The molecular weight excluding hydrogens is 693 g/mol. The van der Waals surface area contributed by atoms with Crippen molar-refractivity contribution in [3.05, 3.63) is 120 Å². The highest BCUT2D eigenvalue weighted by molar-refractivity contribution is 5.44. The number of halogens is 4. The van der Waals surface area contributed by atoms with Gasteiger partial charge >= 0.3 is 0 Å². The minimum absolute atomic E-state index is 0.500. The average molecular weight is 773 g/mol. The predicted molar refractivity (Wildman–Crippen MR) is 231 cm³/mol. The Morgan fingerprint density at radius 1 is 0.370 bits per heavy atom. The maximum absolute atomic E-state index is 9.50. The molecule has 0 fully saturated rings. The van der Waals surface area contributed by atoms with E-state index >= 15 is 0 Å². The molecule has 4 heterocycles. The number of aryl methyl sites for hydroxylation is 4. The van der Waals surface area contributed by atoms with Crippen LogP contribution in [0.5, 0.6) is 0 Å². The highest BCUT2D eigenvalue weighted by Crippen LogP contribution is 1.93. The monoisotopic (exact) mass is 773 g/mol. The first-order valence-electron chi connectivity index (χ1n) is 18.5. The Hall–Kier alpha value is -4.34. The van der Waals surface area contributed by atoms with Crippen molar-refractivity contribution < 1.29 is 27.2 Å². The van der Waals surface area contributed by atoms with Crippen molar-refractivity contribution in [2.45, 2.75) is 123 Å². The highest BCUT2D eigenvalue weighted by atomic mass is 19.1. The molecule has 54 heavy (non-hydrogen) atoms. The SMILES string of the molecule is CC.CC.CC.CC.CC=O.CC=O.CCc1ccccn1.CCc1ccccn1.CCc1ccccn1.CCc1ccccn1.CF.CF.CF.CF. The average Bonchev–Trinajstić information content (AvgIpc) is 3.31.